The number of thiophene rings is 1. The van der Waals surface area contributed by atoms with Crippen molar-refractivity contribution in [2.75, 3.05) is 0 Å². The Hall–Kier alpha value is -1.52. The van der Waals surface area contributed by atoms with Crippen LogP contribution in [-0.4, -0.2) is 11.1 Å². The second-order valence-electron chi connectivity index (χ2n) is 4.56. The topological polar surface area (TPSA) is 46.5 Å². The molecular weight excluding hydrogens is 284 g/mol. The molecule has 5 heteroatoms. The van der Waals surface area contributed by atoms with Gasteiger partial charge >= 0.3 is 5.97 Å². The molecule has 2 aromatic rings. The highest BCUT2D eigenvalue weighted by Crippen LogP contribution is 2.47. The number of hydrogen-bond acceptors (Lipinski definition) is 3. The molecule has 0 amide bonds. The number of halogens is 1. The highest BCUT2D eigenvalue weighted by Gasteiger charge is 2.25. The van der Waals surface area contributed by atoms with Crippen molar-refractivity contribution in [3.63, 3.8) is 0 Å². The molecule has 1 aliphatic heterocycles. The molecule has 0 aliphatic carbocycles. The zero-order valence-corrected chi connectivity index (χ0v) is 12.0. The fourth-order valence-electron chi connectivity index (χ4n) is 2.33. The van der Waals surface area contributed by atoms with Crippen molar-refractivity contribution in [1.82, 2.24) is 0 Å². The summed E-state index contributed by atoms with van der Waals surface area (Å²) >= 11 is 7.56. The number of ether oxygens (including phenoxy) is 1. The first-order valence-electron chi connectivity index (χ1n) is 5.78. The van der Waals surface area contributed by atoms with Gasteiger partial charge in [-0.05, 0) is 37.1 Å². The smallest absolute Gasteiger partial charge is 0.345 e. The number of carbonyl (C=O) groups is 1. The van der Waals surface area contributed by atoms with Crippen molar-refractivity contribution in [2.24, 2.45) is 0 Å². The number of carboxylic acids is 1. The number of aryl methyl sites for hydroxylation is 1. The predicted molar refractivity (Wildman–Crippen MR) is 75.5 cm³/mol. The second kappa shape index (κ2) is 4.25. The molecule has 1 aromatic carbocycles. The van der Waals surface area contributed by atoms with E-state index in [2.05, 4.69) is 0 Å². The summed E-state index contributed by atoms with van der Waals surface area (Å²) < 4.78 is 5.71. The third kappa shape index (κ3) is 1.83. The van der Waals surface area contributed by atoms with Crippen LogP contribution in [0.3, 0.4) is 0 Å². The van der Waals surface area contributed by atoms with Crippen LogP contribution in [-0.2, 0) is 6.61 Å². The SMILES string of the molecule is Cc1cc2c(c(C)c1Cl)-c1sc(C(=O)O)cc1CO2. The summed E-state index contributed by atoms with van der Waals surface area (Å²) in [6, 6.07) is 3.59. The predicted octanol–water partition coefficient (Wildman–Crippen LogP) is 4.28. The summed E-state index contributed by atoms with van der Waals surface area (Å²) in [5.41, 5.74) is 3.75. The molecule has 0 saturated heterocycles. The van der Waals surface area contributed by atoms with Crippen LogP contribution in [0.4, 0.5) is 0 Å². The van der Waals surface area contributed by atoms with Gasteiger partial charge in [0.1, 0.15) is 17.2 Å². The van der Waals surface area contributed by atoms with E-state index in [1.165, 1.54) is 11.3 Å². The average molecular weight is 295 g/mol. The van der Waals surface area contributed by atoms with E-state index in [1.54, 1.807) is 6.07 Å². The minimum absolute atomic E-state index is 0.331. The molecule has 3 nitrogen and oxygen atoms in total. The van der Waals surface area contributed by atoms with Crippen LogP contribution in [0.5, 0.6) is 5.75 Å². The van der Waals surface area contributed by atoms with E-state index in [9.17, 15) is 4.79 Å². The van der Waals surface area contributed by atoms with E-state index in [1.807, 2.05) is 19.9 Å². The van der Waals surface area contributed by atoms with E-state index < -0.39 is 5.97 Å². The summed E-state index contributed by atoms with van der Waals surface area (Å²) in [6.07, 6.45) is 0. The van der Waals surface area contributed by atoms with Gasteiger partial charge in [0, 0.05) is 21.0 Å². The van der Waals surface area contributed by atoms with Crippen LogP contribution in [0, 0.1) is 13.8 Å². The molecule has 0 atom stereocenters. The largest absolute Gasteiger partial charge is 0.488 e. The normalized spacial score (nSPS) is 12.6. The molecule has 0 saturated carbocycles. The summed E-state index contributed by atoms with van der Waals surface area (Å²) in [7, 11) is 0. The van der Waals surface area contributed by atoms with Crippen LogP contribution in [0.15, 0.2) is 12.1 Å². The van der Waals surface area contributed by atoms with E-state index in [4.69, 9.17) is 21.4 Å². The van der Waals surface area contributed by atoms with Gasteiger partial charge in [-0.15, -0.1) is 11.3 Å². The molecule has 1 N–H and O–H groups in total. The van der Waals surface area contributed by atoms with Crippen molar-refractivity contribution in [3.05, 3.63) is 38.7 Å². The molecule has 0 radical (unpaired) electrons. The number of rotatable bonds is 1. The Morgan fingerprint density at radius 1 is 1.42 bits per heavy atom. The van der Waals surface area contributed by atoms with Gasteiger partial charge in [-0.2, -0.15) is 0 Å². The van der Waals surface area contributed by atoms with E-state index in [-0.39, 0.29) is 0 Å². The third-order valence-corrected chi connectivity index (χ3v) is 5.04. The standard InChI is InChI=1S/C14H11ClO3S/c1-6-3-9-11(7(2)12(6)15)13-8(5-18-9)4-10(19-13)14(16)17/h3-4H,5H2,1-2H3,(H,16,17). The van der Waals surface area contributed by atoms with Crippen molar-refractivity contribution in [2.45, 2.75) is 20.5 Å². The number of fused-ring (bicyclic) bond motifs is 3. The lowest BCUT2D eigenvalue weighted by atomic mass is 9.99. The Bertz CT molecular complexity index is 703. The summed E-state index contributed by atoms with van der Waals surface area (Å²) in [5, 5.41) is 9.80. The van der Waals surface area contributed by atoms with Crippen molar-refractivity contribution in [1.29, 1.82) is 0 Å². The maximum absolute atomic E-state index is 11.1. The molecule has 0 spiro atoms. The van der Waals surface area contributed by atoms with Gasteiger partial charge in [0.25, 0.3) is 0 Å². The first-order chi connectivity index (χ1) is 8.99. The Kier molecular flexibility index (Phi) is 2.80. The Morgan fingerprint density at radius 2 is 2.16 bits per heavy atom. The monoisotopic (exact) mass is 294 g/mol. The fourth-order valence-corrected chi connectivity index (χ4v) is 3.59. The third-order valence-electron chi connectivity index (χ3n) is 3.27. The minimum atomic E-state index is -0.906. The maximum atomic E-state index is 11.1. The zero-order chi connectivity index (χ0) is 13.7. The zero-order valence-electron chi connectivity index (χ0n) is 10.4. The molecule has 19 heavy (non-hydrogen) atoms. The van der Waals surface area contributed by atoms with E-state index >= 15 is 0 Å². The summed E-state index contributed by atoms with van der Waals surface area (Å²) in [5.74, 6) is -0.123. The highest BCUT2D eigenvalue weighted by molar-refractivity contribution is 7.17. The lowest BCUT2D eigenvalue weighted by Crippen LogP contribution is -2.05. The first kappa shape index (κ1) is 12.5. The van der Waals surface area contributed by atoms with Gasteiger partial charge < -0.3 is 9.84 Å². The van der Waals surface area contributed by atoms with Gasteiger partial charge in [0.2, 0.25) is 0 Å². The van der Waals surface area contributed by atoms with Gasteiger partial charge in [-0.25, -0.2) is 4.79 Å². The highest BCUT2D eigenvalue weighted by atomic mass is 35.5. The Morgan fingerprint density at radius 3 is 2.84 bits per heavy atom. The van der Waals surface area contributed by atoms with E-state index in [0.717, 1.165) is 32.9 Å². The van der Waals surface area contributed by atoms with Crippen molar-refractivity contribution < 1.29 is 14.6 Å². The Labute approximate surface area is 119 Å². The Balaban J connectivity index is 2.28. The first-order valence-corrected chi connectivity index (χ1v) is 6.97. The molecular formula is C14H11ClO3S. The fraction of sp³-hybridized carbons (Fsp3) is 0.214. The van der Waals surface area contributed by atoms with Crippen LogP contribution in [0.1, 0.15) is 26.4 Å². The van der Waals surface area contributed by atoms with Crippen LogP contribution in [0.25, 0.3) is 10.4 Å². The number of aromatic carboxylic acids is 1. The molecule has 0 unspecified atom stereocenters. The molecule has 2 heterocycles. The molecule has 1 aliphatic rings. The van der Waals surface area contributed by atoms with Crippen molar-refractivity contribution in [3.8, 4) is 16.2 Å². The molecule has 98 valence electrons. The number of hydrogen-bond donors (Lipinski definition) is 1. The minimum Gasteiger partial charge on any atom is -0.488 e. The molecule has 0 fully saturated rings. The van der Waals surface area contributed by atoms with Crippen molar-refractivity contribution >= 4 is 28.9 Å². The number of benzene rings is 1. The van der Waals surface area contributed by atoms with Gasteiger partial charge in [0.05, 0.1) is 0 Å². The summed E-state index contributed by atoms with van der Waals surface area (Å²) in [6.45, 7) is 4.28. The summed E-state index contributed by atoms with van der Waals surface area (Å²) in [4.78, 5) is 12.4. The van der Waals surface area contributed by atoms with E-state index in [0.29, 0.717) is 16.5 Å². The van der Waals surface area contributed by atoms with Gasteiger partial charge in [0.15, 0.2) is 0 Å². The molecule has 1 aromatic heterocycles. The second-order valence-corrected chi connectivity index (χ2v) is 5.99. The molecule has 0 bridgehead atoms. The average Bonchev–Trinajstić information content (AvgIpc) is 2.79. The quantitative estimate of drug-likeness (QED) is 0.854. The lowest BCUT2D eigenvalue weighted by molar-refractivity contribution is 0.0702. The van der Waals surface area contributed by atoms with Crippen LogP contribution in [0.2, 0.25) is 5.02 Å². The lowest BCUT2D eigenvalue weighted by Gasteiger charge is -2.21. The van der Waals surface area contributed by atoms with Crippen LogP contribution >= 0.6 is 22.9 Å². The maximum Gasteiger partial charge on any atom is 0.345 e. The van der Waals surface area contributed by atoms with Gasteiger partial charge in [-0.3, -0.25) is 0 Å². The van der Waals surface area contributed by atoms with Gasteiger partial charge in [-0.1, -0.05) is 11.6 Å². The molecule has 3 rings (SSSR count). The number of carboxylic acid groups (broad SMARTS) is 1. The van der Waals surface area contributed by atoms with Crippen LogP contribution < -0.4 is 4.74 Å².